The van der Waals surface area contributed by atoms with Gasteiger partial charge in [0.15, 0.2) is 0 Å². The second kappa shape index (κ2) is 11.3. The minimum absolute atomic E-state index is 0.0852. The van der Waals surface area contributed by atoms with Crippen LogP contribution in [-0.2, 0) is 10.0 Å². The Bertz CT molecular complexity index is 1050. The molecule has 1 fully saturated rings. The van der Waals surface area contributed by atoms with Crippen LogP contribution in [0, 0.1) is 17.7 Å². The molecule has 2 N–H and O–H groups in total. The van der Waals surface area contributed by atoms with Crippen LogP contribution in [0.1, 0.15) is 43.5 Å². The number of sulfonamides is 1. The van der Waals surface area contributed by atoms with Gasteiger partial charge in [-0.1, -0.05) is 25.4 Å². The molecule has 0 aromatic heterocycles. The minimum atomic E-state index is -3.98. The van der Waals surface area contributed by atoms with E-state index >= 15 is 0 Å². The first-order valence-corrected chi connectivity index (χ1v) is 13.1. The third-order valence-electron chi connectivity index (χ3n) is 5.73. The number of hydrogen-bond acceptors (Lipinski definition) is 4. The standard InChI is InChI=1S/C24H31ClFN3O3S/c1-17-13-18(2)16-29(15-17)12-4-3-11-27-24(30)19-5-10-22(25)23(14-19)28-33(31,32)21-8-6-20(26)7-9-21/h5-10,14,17-18,28H,3-4,11-13,15-16H2,1-2H3,(H,27,30). The lowest BCUT2D eigenvalue weighted by Crippen LogP contribution is -2.39. The van der Waals surface area contributed by atoms with Crippen molar-refractivity contribution in [3.05, 3.63) is 58.9 Å². The lowest BCUT2D eigenvalue weighted by Gasteiger charge is -2.34. The Hall–Kier alpha value is -2.16. The molecule has 1 aliphatic rings. The molecular formula is C24H31ClFN3O3S. The van der Waals surface area contributed by atoms with Crippen molar-refractivity contribution in [2.75, 3.05) is 30.9 Å². The van der Waals surface area contributed by atoms with E-state index in [0.29, 0.717) is 12.1 Å². The minimum Gasteiger partial charge on any atom is -0.352 e. The summed E-state index contributed by atoms with van der Waals surface area (Å²) in [7, 11) is -3.98. The van der Waals surface area contributed by atoms with Crippen molar-refractivity contribution in [2.45, 2.75) is 38.0 Å². The van der Waals surface area contributed by atoms with E-state index in [2.05, 4.69) is 28.8 Å². The highest BCUT2D eigenvalue weighted by Gasteiger charge is 2.21. The van der Waals surface area contributed by atoms with Crippen LogP contribution in [0.25, 0.3) is 0 Å². The number of carbonyl (C=O) groups excluding carboxylic acids is 1. The van der Waals surface area contributed by atoms with Crippen LogP contribution in [0.15, 0.2) is 47.4 Å². The first kappa shape index (κ1) is 25.5. The molecule has 180 valence electrons. The molecule has 0 radical (unpaired) electrons. The normalized spacial score (nSPS) is 19.3. The van der Waals surface area contributed by atoms with E-state index in [0.717, 1.165) is 68.6 Å². The van der Waals surface area contributed by atoms with E-state index < -0.39 is 15.8 Å². The van der Waals surface area contributed by atoms with Gasteiger partial charge in [0.1, 0.15) is 5.82 Å². The molecule has 2 aromatic carbocycles. The van der Waals surface area contributed by atoms with Gasteiger partial charge in [-0.15, -0.1) is 0 Å². The van der Waals surface area contributed by atoms with Crippen LogP contribution >= 0.6 is 11.6 Å². The highest BCUT2D eigenvalue weighted by Crippen LogP contribution is 2.26. The summed E-state index contributed by atoms with van der Waals surface area (Å²) >= 11 is 6.14. The third kappa shape index (κ3) is 7.42. The number of piperidine rings is 1. The number of rotatable bonds is 9. The number of amides is 1. The Kier molecular flexibility index (Phi) is 8.73. The number of unbranched alkanes of at least 4 members (excludes halogenated alkanes) is 1. The Morgan fingerprint density at radius 1 is 1.09 bits per heavy atom. The summed E-state index contributed by atoms with van der Waals surface area (Å²) in [6.45, 7) is 8.43. The zero-order chi connectivity index (χ0) is 24.0. The Labute approximate surface area is 200 Å². The van der Waals surface area contributed by atoms with Crippen molar-refractivity contribution in [1.29, 1.82) is 0 Å². The van der Waals surface area contributed by atoms with Crippen molar-refractivity contribution in [3.8, 4) is 0 Å². The molecular weight excluding hydrogens is 465 g/mol. The molecule has 0 bridgehead atoms. The van der Waals surface area contributed by atoms with Crippen LogP contribution in [0.4, 0.5) is 10.1 Å². The molecule has 33 heavy (non-hydrogen) atoms. The largest absolute Gasteiger partial charge is 0.352 e. The van der Waals surface area contributed by atoms with Crippen LogP contribution in [0.3, 0.4) is 0 Å². The second-order valence-electron chi connectivity index (χ2n) is 8.92. The van der Waals surface area contributed by atoms with Crippen LogP contribution in [-0.4, -0.2) is 45.4 Å². The average Bonchev–Trinajstić information content (AvgIpc) is 2.74. The lowest BCUT2D eigenvalue weighted by atomic mass is 9.92. The van der Waals surface area contributed by atoms with Crippen LogP contribution < -0.4 is 10.0 Å². The summed E-state index contributed by atoms with van der Waals surface area (Å²) in [5, 5.41) is 3.04. The zero-order valence-electron chi connectivity index (χ0n) is 19.0. The third-order valence-corrected chi connectivity index (χ3v) is 7.44. The molecule has 0 spiro atoms. The SMILES string of the molecule is CC1CC(C)CN(CCCCNC(=O)c2ccc(Cl)c(NS(=O)(=O)c3ccc(F)cc3)c2)C1. The predicted molar refractivity (Wildman–Crippen MR) is 130 cm³/mol. The van der Waals surface area contributed by atoms with E-state index in [4.69, 9.17) is 11.6 Å². The monoisotopic (exact) mass is 495 g/mol. The first-order chi connectivity index (χ1) is 15.6. The smallest absolute Gasteiger partial charge is 0.261 e. The average molecular weight is 496 g/mol. The van der Waals surface area contributed by atoms with Gasteiger partial charge in [-0.2, -0.15) is 0 Å². The fourth-order valence-electron chi connectivity index (χ4n) is 4.30. The molecule has 2 atom stereocenters. The molecule has 1 amide bonds. The number of hydrogen-bond donors (Lipinski definition) is 2. The Morgan fingerprint density at radius 2 is 1.76 bits per heavy atom. The highest BCUT2D eigenvalue weighted by atomic mass is 35.5. The van der Waals surface area contributed by atoms with Gasteiger partial charge < -0.3 is 10.2 Å². The summed E-state index contributed by atoms with van der Waals surface area (Å²) in [4.78, 5) is 14.9. The zero-order valence-corrected chi connectivity index (χ0v) is 20.6. The van der Waals surface area contributed by atoms with Crippen molar-refractivity contribution >= 4 is 33.2 Å². The quantitative estimate of drug-likeness (QED) is 0.491. The van der Waals surface area contributed by atoms with Crippen molar-refractivity contribution < 1.29 is 17.6 Å². The molecule has 0 aliphatic carbocycles. The van der Waals surface area contributed by atoms with E-state index in [1.807, 2.05) is 0 Å². The second-order valence-corrected chi connectivity index (χ2v) is 11.0. The van der Waals surface area contributed by atoms with Crippen molar-refractivity contribution in [3.63, 3.8) is 0 Å². The van der Waals surface area contributed by atoms with Crippen LogP contribution in [0.5, 0.6) is 0 Å². The number of carbonyl (C=O) groups is 1. The van der Waals surface area contributed by atoms with Gasteiger partial charge in [-0.3, -0.25) is 9.52 Å². The fraction of sp³-hybridized carbons (Fsp3) is 0.458. The predicted octanol–water partition coefficient (Wildman–Crippen LogP) is 4.77. The Balaban J connectivity index is 1.52. The van der Waals surface area contributed by atoms with Crippen LogP contribution in [0.2, 0.25) is 5.02 Å². The molecule has 2 aromatic rings. The molecule has 0 saturated carbocycles. The van der Waals surface area contributed by atoms with E-state index in [1.165, 1.54) is 18.6 Å². The van der Waals surface area contributed by atoms with Crippen molar-refractivity contribution in [1.82, 2.24) is 10.2 Å². The number of benzene rings is 2. The number of anilines is 1. The Morgan fingerprint density at radius 3 is 2.42 bits per heavy atom. The number of halogens is 2. The van der Waals surface area contributed by atoms with Crippen molar-refractivity contribution in [2.24, 2.45) is 11.8 Å². The fourth-order valence-corrected chi connectivity index (χ4v) is 5.59. The maximum Gasteiger partial charge on any atom is 0.261 e. The van der Waals surface area contributed by atoms with Gasteiger partial charge in [0.05, 0.1) is 15.6 Å². The number of likely N-dealkylation sites (tertiary alicyclic amines) is 1. The summed E-state index contributed by atoms with van der Waals surface area (Å²) in [6, 6.07) is 8.86. The molecule has 1 saturated heterocycles. The number of nitrogens with one attached hydrogen (secondary N) is 2. The molecule has 1 heterocycles. The number of nitrogens with zero attached hydrogens (tertiary/aromatic N) is 1. The van der Waals surface area contributed by atoms with Gasteiger partial charge in [0.2, 0.25) is 0 Å². The highest BCUT2D eigenvalue weighted by molar-refractivity contribution is 7.92. The van der Waals surface area contributed by atoms with Gasteiger partial charge in [-0.05, 0) is 80.1 Å². The molecule has 2 unspecified atom stereocenters. The summed E-state index contributed by atoms with van der Waals surface area (Å²) in [5.41, 5.74) is 0.386. The van der Waals surface area contributed by atoms with Gasteiger partial charge >= 0.3 is 0 Å². The molecule has 6 nitrogen and oxygen atoms in total. The maximum absolute atomic E-state index is 13.1. The maximum atomic E-state index is 13.1. The molecule has 9 heteroatoms. The summed E-state index contributed by atoms with van der Waals surface area (Å²) in [6.07, 6.45) is 3.15. The van der Waals surface area contributed by atoms with E-state index in [9.17, 15) is 17.6 Å². The lowest BCUT2D eigenvalue weighted by molar-refractivity contribution is 0.0951. The van der Waals surface area contributed by atoms with E-state index in [1.54, 1.807) is 6.07 Å². The van der Waals surface area contributed by atoms with Gasteiger partial charge in [0.25, 0.3) is 15.9 Å². The van der Waals surface area contributed by atoms with Gasteiger partial charge in [0, 0.05) is 25.2 Å². The summed E-state index contributed by atoms with van der Waals surface area (Å²) in [5.74, 6) is 0.626. The van der Waals surface area contributed by atoms with E-state index in [-0.39, 0.29) is 21.5 Å². The first-order valence-electron chi connectivity index (χ1n) is 11.2. The van der Waals surface area contributed by atoms with Gasteiger partial charge in [-0.25, -0.2) is 12.8 Å². The topological polar surface area (TPSA) is 78.5 Å². The molecule has 1 aliphatic heterocycles. The molecule has 3 rings (SSSR count). The summed E-state index contributed by atoms with van der Waals surface area (Å²) < 4.78 is 40.6.